The predicted molar refractivity (Wildman–Crippen MR) is 106 cm³/mol. The summed E-state index contributed by atoms with van der Waals surface area (Å²) in [6, 6.07) is 9.63. The highest BCUT2D eigenvalue weighted by Gasteiger charge is 2.28. The van der Waals surface area contributed by atoms with Gasteiger partial charge >= 0.3 is 0 Å². The topological polar surface area (TPSA) is 67.8 Å². The van der Waals surface area contributed by atoms with E-state index in [0.717, 1.165) is 48.9 Å². The molecular weight excluding hydrogens is 356 g/mol. The van der Waals surface area contributed by atoms with Crippen LogP contribution in [0, 0.1) is 0 Å². The van der Waals surface area contributed by atoms with Crippen LogP contribution in [0.1, 0.15) is 30.5 Å². The normalized spacial score (nSPS) is 16.6. The van der Waals surface area contributed by atoms with Crippen molar-refractivity contribution in [2.24, 2.45) is 0 Å². The van der Waals surface area contributed by atoms with Gasteiger partial charge in [-0.1, -0.05) is 18.2 Å². The first-order chi connectivity index (χ1) is 13.7. The third kappa shape index (κ3) is 4.09. The molecule has 0 spiro atoms. The SMILES string of the molecule is COCC(=O)N1CCc2nc(N3CCCCC3)nc(Oc3ccccc3)c2C1. The molecule has 0 N–H and O–H groups in total. The van der Waals surface area contributed by atoms with Crippen molar-refractivity contribution in [3.05, 3.63) is 41.6 Å². The number of ether oxygens (including phenoxy) is 2. The Kier molecular flexibility index (Phi) is 5.71. The molecule has 2 aliphatic rings. The molecule has 0 saturated carbocycles. The molecule has 7 heteroatoms. The molecule has 3 heterocycles. The number of para-hydroxylation sites is 1. The number of hydrogen-bond donors (Lipinski definition) is 0. The third-order valence-electron chi connectivity index (χ3n) is 5.23. The standard InChI is InChI=1S/C21H26N4O3/c1-27-15-19(26)25-13-10-18-17(14-25)20(28-16-8-4-2-5-9-16)23-21(22-18)24-11-6-3-7-12-24/h2,4-5,8-9H,3,6-7,10-15H2,1H3. The van der Waals surface area contributed by atoms with Gasteiger partial charge in [0.1, 0.15) is 12.4 Å². The van der Waals surface area contributed by atoms with Crippen LogP contribution in [0.25, 0.3) is 0 Å². The number of benzene rings is 1. The van der Waals surface area contributed by atoms with E-state index in [9.17, 15) is 4.79 Å². The number of carbonyl (C=O) groups excluding carboxylic acids is 1. The van der Waals surface area contributed by atoms with Gasteiger partial charge in [-0.3, -0.25) is 4.79 Å². The maximum Gasteiger partial charge on any atom is 0.248 e. The van der Waals surface area contributed by atoms with Crippen molar-refractivity contribution in [2.75, 3.05) is 38.3 Å². The summed E-state index contributed by atoms with van der Waals surface area (Å²) in [5.74, 6) is 1.99. The van der Waals surface area contributed by atoms with E-state index in [1.165, 1.54) is 13.5 Å². The van der Waals surface area contributed by atoms with Crippen LogP contribution in [0.5, 0.6) is 11.6 Å². The molecule has 148 valence electrons. The summed E-state index contributed by atoms with van der Waals surface area (Å²) in [5, 5.41) is 0. The van der Waals surface area contributed by atoms with Gasteiger partial charge in [-0.05, 0) is 31.4 Å². The monoisotopic (exact) mass is 382 g/mol. The molecule has 1 saturated heterocycles. The van der Waals surface area contributed by atoms with E-state index in [-0.39, 0.29) is 12.5 Å². The number of fused-ring (bicyclic) bond motifs is 1. The number of methoxy groups -OCH3 is 1. The molecule has 1 amide bonds. The summed E-state index contributed by atoms with van der Waals surface area (Å²) < 4.78 is 11.2. The molecule has 2 aliphatic heterocycles. The number of carbonyl (C=O) groups is 1. The first kappa shape index (κ1) is 18.7. The lowest BCUT2D eigenvalue weighted by Crippen LogP contribution is -2.39. The lowest BCUT2D eigenvalue weighted by Gasteiger charge is -2.31. The van der Waals surface area contributed by atoms with Crippen molar-refractivity contribution in [3.8, 4) is 11.6 Å². The van der Waals surface area contributed by atoms with Gasteiger partial charge in [0, 0.05) is 33.2 Å². The molecule has 0 unspecified atom stereocenters. The van der Waals surface area contributed by atoms with Gasteiger partial charge in [-0.15, -0.1) is 0 Å². The van der Waals surface area contributed by atoms with Crippen LogP contribution >= 0.6 is 0 Å². The minimum atomic E-state index is -0.0288. The van der Waals surface area contributed by atoms with Gasteiger partial charge in [0.15, 0.2) is 0 Å². The first-order valence-electron chi connectivity index (χ1n) is 9.89. The van der Waals surface area contributed by atoms with Crippen molar-refractivity contribution < 1.29 is 14.3 Å². The fourth-order valence-corrected chi connectivity index (χ4v) is 3.72. The summed E-state index contributed by atoms with van der Waals surface area (Å²) in [7, 11) is 1.54. The van der Waals surface area contributed by atoms with Crippen molar-refractivity contribution in [1.82, 2.24) is 14.9 Å². The maximum absolute atomic E-state index is 12.3. The van der Waals surface area contributed by atoms with Gasteiger partial charge in [0.25, 0.3) is 0 Å². The van der Waals surface area contributed by atoms with Gasteiger partial charge in [-0.25, -0.2) is 4.98 Å². The quantitative estimate of drug-likeness (QED) is 0.792. The van der Waals surface area contributed by atoms with E-state index in [4.69, 9.17) is 19.4 Å². The highest BCUT2D eigenvalue weighted by atomic mass is 16.5. The van der Waals surface area contributed by atoms with Crippen molar-refractivity contribution in [2.45, 2.75) is 32.2 Å². The molecule has 7 nitrogen and oxygen atoms in total. The fraction of sp³-hybridized carbons (Fsp3) is 0.476. The second kappa shape index (κ2) is 8.56. The zero-order chi connectivity index (χ0) is 19.3. The second-order valence-corrected chi connectivity index (χ2v) is 7.22. The Hall–Kier alpha value is -2.67. The van der Waals surface area contributed by atoms with E-state index in [1.54, 1.807) is 4.90 Å². The van der Waals surface area contributed by atoms with Crippen molar-refractivity contribution in [1.29, 1.82) is 0 Å². The van der Waals surface area contributed by atoms with Crippen LogP contribution in [-0.4, -0.2) is 54.1 Å². The molecule has 0 radical (unpaired) electrons. The number of piperidine rings is 1. The van der Waals surface area contributed by atoms with Crippen molar-refractivity contribution >= 4 is 11.9 Å². The summed E-state index contributed by atoms with van der Waals surface area (Å²) in [4.78, 5) is 25.9. The number of rotatable bonds is 5. The molecule has 2 aromatic rings. The first-order valence-corrected chi connectivity index (χ1v) is 9.89. The van der Waals surface area contributed by atoms with Gasteiger partial charge in [0.05, 0.1) is 17.8 Å². The summed E-state index contributed by atoms with van der Waals surface area (Å²) in [5.41, 5.74) is 1.86. The smallest absolute Gasteiger partial charge is 0.248 e. The van der Waals surface area contributed by atoms with E-state index in [1.807, 2.05) is 30.3 Å². The van der Waals surface area contributed by atoms with E-state index < -0.39 is 0 Å². The largest absolute Gasteiger partial charge is 0.438 e. The highest BCUT2D eigenvalue weighted by molar-refractivity contribution is 5.77. The number of nitrogens with zero attached hydrogens (tertiary/aromatic N) is 4. The molecule has 28 heavy (non-hydrogen) atoms. The summed E-state index contributed by atoms with van der Waals surface area (Å²) in [6.45, 7) is 3.11. The summed E-state index contributed by atoms with van der Waals surface area (Å²) in [6.07, 6.45) is 4.27. The maximum atomic E-state index is 12.3. The molecule has 0 bridgehead atoms. The molecule has 1 aromatic heterocycles. The molecule has 1 aromatic carbocycles. The second-order valence-electron chi connectivity index (χ2n) is 7.22. The molecule has 1 fully saturated rings. The van der Waals surface area contributed by atoms with E-state index in [0.29, 0.717) is 25.4 Å². The molecule has 0 aliphatic carbocycles. The fourth-order valence-electron chi connectivity index (χ4n) is 3.72. The Bertz CT molecular complexity index is 822. The van der Waals surface area contributed by atoms with Gasteiger partial charge in [0.2, 0.25) is 17.7 Å². The zero-order valence-electron chi connectivity index (χ0n) is 16.3. The Labute approximate surface area is 165 Å². The van der Waals surface area contributed by atoms with Crippen LogP contribution in [0.3, 0.4) is 0 Å². The Morgan fingerprint density at radius 2 is 1.86 bits per heavy atom. The Morgan fingerprint density at radius 1 is 1.07 bits per heavy atom. The average Bonchev–Trinajstić information content (AvgIpc) is 2.75. The number of anilines is 1. The highest BCUT2D eigenvalue weighted by Crippen LogP contribution is 2.32. The van der Waals surface area contributed by atoms with Crippen LogP contribution in [0.4, 0.5) is 5.95 Å². The minimum Gasteiger partial charge on any atom is -0.438 e. The van der Waals surface area contributed by atoms with Crippen molar-refractivity contribution in [3.63, 3.8) is 0 Å². The molecule has 0 atom stereocenters. The number of hydrogen-bond acceptors (Lipinski definition) is 6. The summed E-state index contributed by atoms with van der Waals surface area (Å²) >= 11 is 0. The van der Waals surface area contributed by atoms with Crippen LogP contribution in [0.2, 0.25) is 0 Å². The van der Waals surface area contributed by atoms with Crippen LogP contribution < -0.4 is 9.64 Å². The van der Waals surface area contributed by atoms with Gasteiger partial charge < -0.3 is 19.3 Å². The minimum absolute atomic E-state index is 0.0288. The predicted octanol–water partition coefficient (Wildman–Crippen LogP) is 2.79. The lowest BCUT2D eigenvalue weighted by molar-refractivity contribution is -0.136. The number of amides is 1. The lowest BCUT2D eigenvalue weighted by atomic mass is 10.1. The van der Waals surface area contributed by atoms with E-state index in [2.05, 4.69) is 4.90 Å². The van der Waals surface area contributed by atoms with Crippen LogP contribution in [-0.2, 0) is 22.5 Å². The Balaban J connectivity index is 1.67. The third-order valence-corrected chi connectivity index (χ3v) is 5.23. The molecule has 4 rings (SSSR count). The average molecular weight is 382 g/mol. The van der Waals surface area contributed by atoms with Gasteiger partial charge in [-0.2, -0.15) is 4.98 Å². The van der Waals surface area contributed by atoms with E-state index >= 15 is 0 Å². The number of aromatic nitrogens is 2. The van der Waals surface area contributed by atoms with Crippen LogP contribution in [0.15, 0.2) is 30.3 Å². The Morgan fingerprint density at radius 3 is 2.61 bits per heavy atom. The zero-order valence-corrected chi connectivity index (χ0v) is 16.3. The molecular formula is C21H26N4O3.